The quantitative estimate of drug-likeness (QED) is 0.516. The van der Waals surface area contributed by atoms with Crippen molar-refractivity contribution in [1.29, 1.82) is 0 Å². The van der Waals surface area contributed by atoms with Crippen LogP contribution in [0.15, 0.2) is 78.9 Å². The molecule has 146 valence electrons. The molecule has 0 spiro atoms. The number of hydrogen-bond acceptors (Lipinski definition) is 3. The molecular weight excluding hydrogens is 342 g/mol. The lowest BCUT2D eigenvalue weighted by molar-refractivity contribution is 0.469. The van der Waals surface area contributed by atoms with Gasteiger partial charge in [-0.2, -0.15) is 0 Å². The van der Waals surface area contributed by atoms with Gasteiger partial charge in [0.2, 0.25) is 0 Å². The highest BCUT2D eigenvalue weighted by atomic mass is 15.0. The molecule has 3 nitrogen and oxygen atoms in total. The lowest BCUT2D eigenvalue weighted by atomic mass is 10.1. The van der Waals surface area contributed by atoms with E-state index in [0.29, 0.717) is 0 Å². The molecule has 0 radical (unpaired) electrons. The van der Waals surface area contributed by atoms with Crippen LogP contribution in [0, 0.1) is 0 Å². The Morgan fingerprint density at radius 2 is 0.893 bits per heavy atom. The van der Waals surface area contributed by atoms with Gasteiger partial charge in [0.15, 0.2) is 0 Å². The molecule has 0 fully saturated rings. The molecule has 1 aromatic heterocycles. The largest absolute Gasteiger partial charge is 0.302 e. The Balaban J connectivity index is 1.65. The number of aromatic nitrogens is 1. The van der Waals surface area contributed by atoms with Crippen LogP contribution in [0.1, 0.15) is 74.4 Å². The Labute approximate surface area is 169 Å². The van der Waals surface area contributed by atoms with Crippen LogP contribution >= 0.6 is 0 Å². The van der Waals surface area contributed by atoms with Crippen molar-refractivity contribution in [2.75, 3.05) is 0 Å². The summed E-state index contributed by atoms with van der Waals surface area (Å²) in [5.74, 6) is 0. The number of benzene rings is 2. The van der Waals surface area contributed by atoms with Gasteiger partial charge < -0.3 is 10.6 Å². The maximum Gasteiger partial charge on any atom is 0.0574 e. The van der Waals surface area contributed by atoms with Gasteiger partial charge >= 0.3 is 0 Å². The third-order valence-electron chi connectivity index (χ3n) is 5.28. The fourth-order valence-corrected chi connectivity index (χ4v) is 3.55. The Bertz CT molecular complexity index is 779. The zero-order chi connectivity index (χ0) is 19.9. The van der Waals surface area contributed by atoms with E-state index in [-0.39, 0.29) is 24.2 Å². The average Bonchev–Trinajstić information content (AvgIpc) is 2.75. The maximum atomic E-state index is 4.94. The summed E-state index contributed by atoms with van der Waals surface area (Å²) >= 11 is 0. The standard InChI is InChI=1S/C25H31N3/c1-18(22-12-7-5-8-13-22)26-20(3)24-16-11-17-25(28-24)21(4)27-19(2)23-14-9-6-10-15-23/h5-21,26-27H,1-4H3/t18-,19+,20+,21-. The van der Waals surface area contributed by atoms with Crippen LogP contribution in [-0.2, 0) is 0 Å². The first-order valence-corrected chi connectivity index (χ1v) is 10.1. The minimum Gasteiger partial charge on any atom is -0.302 e. The van der Waals surface area contributed by atoms with Crippen molar-refractivity contribution in [3.63, 3.8) is 0 Å². The molecule has 4 atom stereocenters. The number of nitrogens with zero attached hydrogens (tertiary/aromatic N) is 1. The van der Waals surface area contributed by atoms with Crippen molar-refractivity contribution < 1.29 is 0 Å². The minimum absolute atomic E-state index is 0.175. The highest BCUT2D eigenvalue weighted by Gasteiger charge is 2.16. The van der Waals surface area contributed by atoms with Gasteiger partial charge in [-0.05, 0) is 51.0 Å². The minimum atomic E-state index is 0.175. The van der Waals surface area contributed by atoms with Gasteiger partial charge in [0.25, 0.3) is 0 Å². The first-order valence-electron chi connectivity index (χ1n) is 10.1. The predicted octanol–water partition coefficient (Wildman–Crippen LogP) is 5.91. The van der Waals surface area contributed by atoms with E-state index < -0.39 is 0 Å². The van der Waals surface area contributed by atoms with Gasteiger partial charge in [0.05, 0.1) is 11.4 Å². The number of nitrogens with one attached hydrogen (secondary N) is 2. The second-order valence-electron chi connectivity index (χ2n) is 7.53. The SMILES string of the molecule is C[C@H](N[C@H](C)c1cccc([C@H](C)N[C@H](C)c2ccccc2)n1)c1ccccc1. The molecule has 1 heterocycles. The first-order chi connectivity index (χ1) is 13.5. The Morgan fingerprint density at radius 1 is 0.500 bits per heavy atom. The second kappa shape index (κ2) is 9.63. The predicted molar refractivity (Wildman–Crippen MR) is 117 cm³/mol. The number of pyridine rings is 1. The topological polar surface area (TPSA) is 37.0 Å². The molecular formula is C25H31N3. The van der Waals surface area contributed by atoms with Crippen LogP contribution in [-0.4, -0.2) is 4.98 Å². The molecule has 0 amide bonds. The molecule has 0 aliphatic carbocycles. The number of rotatable bonds is 8. The Kier molecular flexibility index (Phi) is 6.96. The molecule has 0 aliphatic rings. The second-order valence-corrected chi connectivity index (χ2v) is 7.53. The molecule has 28 heavy (non-hydrogen) atoms. The third kappa shape index (κ3) is 5.28. The Hall–Kier alpha value is -2.49. The van der Waals surface area contributed by atoms with Gasteiger partial charge in [-0.25, -0.2) is 0 Å². The van der Waals surface area contributed by atoms with Crippen LogP contribution in [0.3, 0.4) is 0 Å². The highest BCUT2D eigenvalue weighted by molar-refractivity contribution is 5.22. The molecule has 3 aromatic rings. The van der Waals surface area contributed by atoms with E-state index in [9.17, 15) is 0 Å². The van der Waals surface area contributed by atoms with Crippen LogP contribution in [0.5, 0.6) is 0 Å². The third-order valence-corrected chi connectivity index (χ3v) is 5.28. The van der Waals surface area contributed by atoms with E-state index in [0.717, 1.165) is 11.4 Å². The summed E-state index contributed by atoms with van der Waals surface area (Å²) in [6.07, 6.45) is 0. The van der Waals surface area contributed by atoms with E-state index >= 15 is 0 Å². The monoisotopic (exact) mass is 373 g/mol. The average molecular weight is 374 g/mol. The number of hydrogen-bond donors (Lipinski definition) is 2. The van der Waals surface area contributed by atoms with Crippen molar-refractivity contribution in [3.8, 4) is 0 Å². The molecule has 0 saturated carbocycles. The normalized spacial score (nSPS) is 15.6. The van der Waals surface area contributed by atoms with Gasteiger partial charge in [-0.15, -0.1) is 0 Å². The van der Waals surface area contributed by atoms with Crippen LogP contribution < -0.4 is 10.6 Å². The van der Waals surface area contributed by atoms with Gasteiger partial charge in [0, 0.05) is 24.2 Å². The molecule has 3 rings (SSSR count). The highest BCUT2D eigenvalue weighted by Crippen LogP contribution is 2.21. The summed E-state index contributed by atoms with van der Waals surface area (Å²) < 4.78 is 0. The molecule has 2 aromatic carbocycles. The van der Waals surface area contributed by atoms with Crippen molar-refractivity contribution in [3.05, 3.63) is 101 Å². The summed E-state index contributed by atoms with van der Waals surface area (Å²) in [6.45, 7) is 8.75. The lowest BCUT2D eigenvalue weighted by Crippen LogP contribution is -2.25. The maximum absolute atomic E-state index is 4.94. The van der Waals surface area contributed by atoms with Gasteiger partial charge in [-0.1, -0.05) is 66.7 Å². The van der Waals surface area contributed by atoms with Crippen LogP contribution in [0.4, 0.5) is 0 Å². The van der Waals surface area contributed by atoms with Gasteiger partial charge in [-0.3, -0.25) is 4.98 Å². The molecule has 3 heteroatoms. The molecule has 0 aliphatic heterocycles. The van der Waals surface area contributed by atoms with E-state index in [2.05, 4.69) is 117 Å². The fourth-order valence-electron chi connectivity index (χ4n) is 3.55. The van der Waals surface area contributed by atoms with Crippen molar-refractivity contribution in [1.82, 2.24) is 15.6 Å². The summed E-state index contributed by atoms with van der Waals surface area (Å²) in [7, 11) is 0. The zero-order valence-corrected chi connectivity index (χ0v) is 17.3. The summed E-state index contributed by atoms with van der Waals surface area (Å²) in [5, 5.41) is 7.32. The van der Waals surface area contributed by atoms with Crippen molar-refractivity contribution >= 4 is 0 Å². The molecule has 0 saturated heterocycles. The van der Waals surface area contributed by atoms with E-state index in [1.165, 1.54) is 11.1 Å². The zero-order valence-electron chi connectivity index (χ0n) is 17.3. The van der Waals surface area contributed by atoms with E-state index in [4.69, 9.17) is 4.98 Å². The summed E-state index contributed by atoms with van der Waals surface area (Å²) in [4.78, 5) is 4.94. The fraction of sp³-hybridized carbons (Fsp3) is 0.320. The van der Waals surface area contributed by atoms with Crippen molar-refractivity contribution in [2.24, 2.45) is 0 Å². The first kappa shape index (κ1) is 20.2. The van der Waals surface area contributed by atoms with Crippen LogP contribution in [0.25, 0.3) is 0 Å². The molecule has 2 N–H and O–H groups in total. The Morgan fingerprint density at radius 3 is 1.29 bits per heavy atom. The molecule has 0 unspecified atom stereocenters. The summed E-state index contributed by atoms with van der Waals surface area (Å²) in [5.41, 5.74) is 4.72. The van der Waals surface area contributed by atoms with E-state index in [1.807, 2.05) is 0 Å². The van der Waals surface area contributed by atoms with Crippen LogP contribution in [0.2, 0.25) is 0 Å². The smallest absolute Gasteiger partial charge is 0.0574 e. The lowest BCUT2D eigenvalue weighted by Gasteiger charge is -2.23. The van der Waals surface area contributed by atoms with E-state index in [1.54, 1.807) is 0 Å². The van der Waals surface area contributed by atoms with Crippen molar-refractivity contribution in [2.45, 2.75) is 51.9 Å². The summed E-state index contributed by atoms with van der Waals surface area (Å²) in [6, 6.07) is 28.3. The van der Waals surface area contributed by atoms with Gasteiger partial charge in [0.1, 0.15) is 0 Å². The molecule has 0 bridgehead atoms.